The van der Waals surface area contributed by atoms with Crippen molar-refractivity contribution in [3.8, 4) is 5.75 Å². The second kappa shape index (κ2) is 5.44. The van der Waals surface area contributed by atoms with Crippen LogP contribution < -0.4 is 10.1 Å². The molecule has 1 aromatic heterocycles. The van der Waals surface area contributed by atoms with Gasteiger partial charge in [-0.15, -0.1) is 11.8 Å². The van der Waals surface area contributed by atoms with Crippen LogP contribution in [0.25, 0.3) is 0 Å². The molecule has 0 bridgehead atoms. The molecule has 1 aliphatic heterocycles. The van der Waals surface area contributed by atoms with Crippen LogP contribution in [-0.2, 0) is 4.79 Å². The van der Waals surface area contributed by atoms with Crippen LogP contribution in [0.5, 0.6) is 5.75 Å². The molecule has 1 aliphatic rings. The minimum Gasteiger partial charge on any atom is -0.496 e. The van der Waals surface area contributed by atoms with E-state index >= 15 is 0 Å². The molecule has 21 heavy (non-hydrogen) atoms. The molecule has 1 aromatic carbocycles. The highest BCUT2D eigenvalue weighted by atomic mass is 32.2. The number of anilines is 1. The van der Waals surface area contributed by atoms with Crippen LogP contribution in [0.4, 0.5) is 5.82 Å². The highest BCUT2D eigenvalue weighted by molar-refractivity contribution is 8.01. The fourth-order valence-corrected chi connectivity index (χ4v) is 3.87. The fourth-order valence-electron chi connectivity index (χ4n) is 2.52. The van der Waals surface area contributed by atoms with Gasteiger partial charge in [0.2, 0.25) is 5.91 Å². The van der Waals surface area contributed by atoms with E-state index in [2.05, 4.69) is 15.5 Å². The topological polar surface area (TPSA) is 67.0 Å². The Balaban J connectivity index is 2.16. The number of rotatable bonds is 2. The van der Waals surface area contributed by atoms with Gasteiger partial charge >= 0.3 is 0 Å². The quantitative estimate of drug-likeness (QED) is 0.895. The molecule has 2 heterocycles. The number of aryl methyl sites for hydroxylation is 1. The molecule has 2 N–H and O–H groups in total. The summed E-state index contributed by atoms with van der Waals surface area (Å²) in [4.78, 5) is 12.1. The molecule has 0 aliphatic carbocycles. The summed E-state index contributed by atoms with van der Waals surface area (Å²) in [5, 5.41) is 9.91. The lowest BCUT2D eigenvalue weighted by atomic mass is 10.0. The van der Waals surface area contributed by atoms with Gasteiger partial charge in [0.25, 0.3) is 0 Å². The zero-order valence-corrected chi connectivity index (χ0v) is 13.0. The van der Waals surface area contributed by atoms with Crippen LogP contribution in [-0.4, -0.2) is 28.5 Å². The Kier molecular flexibility index (Phi) is 3.63. The maximum Gasteiger partial charge on any atom is 0.238 e. The van der Waals surface area contributed by atoms with Gasteiger partial charge in [-0.2, -0.15) is 5.10 Å². The molecule has 1 amide bonds. The van der Waals surface area contributed by atoms with Gasteiger partial charge in [-0.3, -0.25) is 9.89 Å². The molecule has 0 radical (unpaired) electrons. The van der Waals surface area contributed by atoms with E-state index in [4.69, 9.17) is 4.74 Å². The number of benzene rings is 1. The summed E-state index contributed by atoms with van der Waals surface area (Å²) < 4.78 is 5.48. The normalized spacial score (nSPS) is 21.4. The number of nitrogens with zero attached hydrogens (tertiary/aromatic N) is 1. The first-order valence-electron chi connectivity index (χ1n) is 6.76. The fraction of sp³-hybridized carbons (Fsp3) is 0.333. The van der Waals surface area contributed by atoms with E-state index in [9.17, 15) is 4.79 Å². The highest BCUT2D eigenvalue weighted by Crippen LogP contribution is 2.47. The van der Waals surface area contributed by atoms with E-state index in [1.807, 2.05) is 38.1 Å². The van der Waals surface area contributed by atoms with Crippen molar-refractivity contribution in [2.45, 2.75) is 24.3 Å². The molecular weight excluding hydrogens is 286 g/mol. The van der Waals surface area contributed by atoms with Crippen molar-refractivity contribution in [2.75, 3.05) is 12.4 Å². The molecule has 110 valence electrons. The van der Waals surface area contributed by atoms with Crippen LogP contribution in [0.2, 0.25) is 0 Å². The van der Waals surface area contributed by atoms with E-state index in [-0.39, 0.29) is 16.4 Å². The van der Waals surface area contributed by atoms with Gasteiger partial charge < -0.3 is 10.1 Å². The highest BCUT2D eigenvalue weighted by Gasteiger charge is 2.33. The summed E-state index contributed by atoms with van der Waals surface area (Å²) in [6.45, 7) is 3.88. The third-order valence-corrected chi connectivity index (χ3v) is 5.01. The van der Waals surface area contributed by atoms with Gasteiger partial charge in [0.1, 0.15) is 5.75 Å². The number of hydrogen-bond donors (Lipinski definition) is 2. The van der Waals surface area contributed by atoms with E-state index in [1.54, 1.807) is 18.9 Å². The van der Waals surface area contributed by atoms with Crippen LogP contribution in [0, 0.1) is 6.92 Å². The van der Waals surface area contributed by atoms with Gasteiger partial charge in [-0.05, 0) is 19.9 Å². The van der Waals surface area contributed by atoms with Crippen LogP contribution in [0.3, 0.4) is 0 Å². The summed E-state index contributed by atoms with van der Waals surface area (Å²) in [6, 6.07) is 7.91. The number of aromatic amines is 1. The minimum absolute atomic E-state index is 0.00356. The molecule has 0 fully saturated rings. The zero-order valence-electron chi connectivity index (χ0n) is 12.1. The van der Waals surface area contributed by atoms with E-state index in [0.717, 1.165) is 22.6 Å². The SMILES string of the molecule is COc1ccccc1[C@H]1S[C@@H](C)C(=O)Nc2n[nH]c(C)c21. The minimum atomic E-state index is -0.159. The Labute approximate surface area is 127 Å². The Morgan fingerprint density at radius 2 is 2.10 bits per heavy atom. The number of carbonyl (C=O) groups excluding carboxylic acids is 1. The summed E-state index contributed by atoms with van der Waals surface area (Å²) in [5.74, 6) is 1.42. The van der Waals surface area contributed by atoms with Crippen molar-refractivity contribution < 1.29 is 9.53 Å². The molecule has 2 aromatic rings. The monoisotopic (exact) mass is 303 g/mol. The summed E-state index contributed by atoms with van der Waals surface area (Å²) >= 11 is 1.61. The predicted molar refractivity (Wildman–Crippen MR) is 83.8 cm³/mol. The molecule has 0 saturated heterocycles. The molecule has 6 heteroatoms. The number of amides is 1. The maximum atomic E-state index is 12.1. The summed E-state index contributed by atoms with van der Waals surface area (Å²) in [7, 11) is 1.66. The third kappa shape index (κ3) is 2.40. The van der Waals surface area contributed by atoms with E-state index < -0.39 is 0 Å². The summed E-state index contributed by atoms with van der Waals surface area (Å²) in [6.07, 6.45) is 0. The number of para-hydroxylation sites is 1. The molecule has 0 unspecified atom stereocenters. The van der Waals surface area contributed by atoms with Gasteiger partial charge in [0.05, 0.1) is 17.6 Å². The van der Waals surface area contributed by atoms with Gasteiger partial charge in [-0.25, -0.2) is 0 Å². The van der Waals surface area contributed by atoms with Crippen molar-refractivity contribution in [2.24, 2.45) is 0 Å². The number of methoxy groups -OCH3 is 1. The number of nitrogens with one attached hydrogen (secondary N) is 2. The number of carbonyl (C=O) groups is 1. The largest absolute Gasteiger partial charge is 0.496 e. The average molecular weight is 303 g/mol. The molecular formula is C15H17N3O2S. The van der Waals surface area contributed by atoms with Gasteiger partial charge in [-0.1, -0.05) is 18.2 Å². The molecule has 2 atom stereocenters. The van der Waals surface area contributed by atoms with E-state index in [1.165, 1.54) is 0 Å². The standard InChI is InChI=1S/C15H17N3O2S/c1-8-12-13(10-6-4-5-7-11(10)20-3)21-9(2)15(19)16-14(12)18-17-8/h4-7,9,13H,1-3H3,(H2,16,17,18,19)/t9-,13+/m0/s1. The van der Waals surface area contributed by atoms with Crippen molar-refractivity contribution in [3.05, 3.63) is 41.1 Å². The lowest BCUT2D eigenvalue weighted by molar-refractivity contribution is -0.115. The zero-order chi connectivity index (χ0) is 15.0. The second-order valence-corrected chi connectivity index (χ2v) is 6.45. The number of H-pyrrole nitrogens is 1. The first-order valence-corrected chi connectivity index (χ1v) is 7.70. The maximum absolute atomic E-state index is 12.1. The van der Waals surface area contributed by atoms with Crippen molar-refractivity contribution in [1.29, 1.82) is 0 Å². The van der Waals surface area contributed by atoms with Crippen molar-refractivity contribution in [3.63, 3.8) is 0 Å². The first kappa shape index (κ1) is 14.0. The number of thioether (sulfide) groups is 1. The van der Waals surface area contributed by atoms with Gasteiger partial charge in [0.15, 0.2) is 5.82 Å². The Hall–Kier alpha value is -1.95. The molecule has 0 saturated carbocycles. The van der Waals surface area contributed by atoms with Crippen molar-refractivity contribution >= 4 is 23.5 Å². The third-order valence-electron chi connectivity index (χ3n) is 3.63. The number of ether oxygens (including phenoxy) is 1. The summed E-state index contributed by atoms with van der Waals surface area (Å²) in [5.41, 5.74) is 3.03. The number of fused-ring (bicyclic) bond motifs is 1. The second-order valence-electron chi connectivity index (χ2n) is 5.00. The van der Waals surface area contributed by atoms with Gasteiger partial charge in [0, 0.05) is 16.8 Å². The van der Waals surface area contributed by atoms with Crippen molar-refractivity contribution in [1.82, 2.24) is 10.2 Å². The van der Waals surface area contributed by atoms with E-state index in [0.29, 0.717) is 5.82 Å². The Morgan fingerprint density at radius 1 is 1.33 bits per heavy atom. The van der Waals surface area contributed by atoms with Crippen LogP contribution in [0.1, 0.15) is 29.0 Å². The lowest BCUT2D eigenvalue weighted by Gasteiger charge is -2.19. The number of hydrogen-bond acceptors (Lipinski definition) is 4. The Bertz CT molecular complexity index is 683. The van der Waals surface area contributed by atoms with Crippen LogP contribution in [0.15, 0.2) is 24.3 Å². The predicted octanol–water partition coefficient (Wildman–Crippen LogP) is 2.89. The molecule has 5 nitrogen and oxygen atoms in total. The average Bonchev–Trinajstić information content (AvgIpc) is 2.79. The smallest absolute Gasteiger partial charge is 0.238 e. The lowest BCUT2D eigenvalue weighted by Crippen LogP contribution is -2.21. The molecule has 3 rings (SSSR count). The first-order chi connectivity index (χ1) is 10.1. The molecule has 0 spiro atoms. The number of aromatic nitrogens is 2. The van der Waals surface area contributed by atoms with Crippen LogP contribution >= 0.6 is 11.8 Å². The Morgan fingerprint density at radius 3 is 2.86 bits per heavy atom.